The van der Waals surface area contributed by atoms with E-state index in [2.05, 4.69) is 18.8 Å². The molecule has 0 amide bonds. The molecule has 0 saturated carbocycles. The van der Waals surface area contributed by atoms with E-state index in [1.807, 2.05) is 28.8 Å². The number of H-pyrrole nitrogens is 1. The highest BCUT2D eigenvalue weighted by Gasteiger charge is 2.19. The van der Waals surface area contributed by atoms with Crippen LogP contribution in [0.15, 0.2) is 24.3 Å². The minimum Gasteiger partial charge on any atom is -0.289 e. The van der Waals surface area contributed by atoms with Gasteiger partial charge in [0, 0.05) is 0 Å². The van der Waals surface area contributed by atoms with Crippen molar-refractivity contribution in [1.82, 2.24) is 4.98 Å². The standard InChI is InChI=1S/C11H12N2O/c1-8(2)13-10-6-4-3-5-9(10)12-11(13)7-14/h3-8H,1-2H3/p+1. The highest BCUT2D eigenvalue weighted by molar-refractivity contribution is 5.77. The Morgan fingerprint density at radius 1 is 1.36 bits per heavy atom. The van der Waals surface area contributed by atoms with Crippen LogP contribution in [0.5, 0.6) is 0 Å². The number of imidazole rings is 1. The molecule has 14 heavy (non-hydrogen) atoms. The number of hydrogen-bond acceptors (Lipinski definition) is 1. The third kappa shape index (κ3) is 1.21. The van der Waals surface area contributed by atoms with Gasteiger partial charge in [0.05, 0.1) is 6.04 Å². The molecule has 0 saturated heterocycles. The first kappa shape index (κ1) is 8.94. The summed E-state index contributed by atoms with van der Waals surface area (Å²) < 4.78 is 2.00. The van der Waals surface area contributed by atoms with Crippen molar-refractivity contribution >= 4 is 17.3 Å². The highest BCUT2D eigenvalue weighted by Crippen LogP contribution is 2.10. The quantitative estimate of drug-likeness (QED) is 0.568. The molecule has 1 aromatic heterocycles. The fourth-order valence-corrected chi connectivity index (χ4v) is 1.76. The first-order valence-corrected chi connectivity index (χ1v) is 4.71. The van der Waals surface area contributed by atoms with Crippen molar-refractivity contribution in [3.05, 3.63) is 30.1 Å². The molecule has 1 heterocycles. The third-order valence-corrected chi connectivity index (χ3v) is 2.31. The Labute approximate surface area is 82.4 Å². The van der Waals surface area contributed by atoms with Crippen LogP contribution in [0.4, 0.5) is 0 Å². The normalized spacial score (nSPS) is 11.1. The molecule has 0 aliphatic heterocycles. The number of nitrogens with zero attached hydrogens (tertiary/aromatic N) is 1. The van der Waals surface area contributed by atoms with Crippen LogP contribution in [-0.4, -0.2) is 11.3 Å². The van der Waals surface area contributed by atoms with Crippen LogP contribution < -0.4 is 4.57 Å². The second-order valence-corrected chi connectivity index (χ2v) is 3.61. The molecular weight excluding hydrogens is 176 g/mol. The molecule has 2 aromatic rings. The number of nitrogens with one attached hydrogen (secondary N) is 1. The second-order valence-electron chi connectivity index (χ2n) is 3.61. The Balaban J connectivity index is 2.80. The number of fused-ring (bicyclic) bond motifs is 1. The van der Waals surface area contributed by atoms with Gasteiger partial charge in [-0.2, -0.15) is 0 Å². The van der Waals surface area contributed by atoms with Gasteiger partial charge in [0.15, 0.2) is 11.0 Å². The van der Waals surface area contributed by atoms with Crippen LogP contribution in [0.2, 0.25) is 0 Å². The van der Waals surface area contributed by atoms with E-state index in [4.69, 9.17) is 0 Å². The number of para-hydroxylation sites is 2. The lowest BCUT2D eigenvalue weighted by atomic mass is 10.3. The van der Waals surface area contributed by atoms with Crippen LogP contribution in [0.3, 0.4) is 0 Å². The minimum atomic E-state index is 0.284. The zero-order chi connectivity index (χ0) is 10.1. The summed E-state index contributed by atoms with van der Waals surface area (Å²) in [5.74, 6) is 0.626. The van der Waals surface area contributed by atoms with Crippen molar-refractivity contribution in [2.24, 2.45) is 0 Å². The Morgan fingerprint density at radius 2 is 2.07 bits per heavy atom. The molecule has 1 N–H and O–H groups in total. The van der Waals surface area contributed by atoms with E-state index in [0.29, 0.717) is 5.82 Å². The molecule has 0 radical (unpaired) electrons. The van der Waals surface area contributed by atoms with Crippen LogP contribution >= 0.6 is 0 Å². The van der Waals surface area contributed by atoms with Gasteiger partial charge in [-0.3, -0.25) is 4.79 Å². The van der Waals surface area contributed by atoms with Crippen molar-refractivity contribution in [3.8, 4) is 0 Å². The molecule has 72 valence electrons. The monoisotopic (exact) mass is 189 g/mol. The Morgan fingerprint density at radius 3 is 2.71 bits per heavy atom. The summed E-state index contributed by atoms with van der Waals surface area (Å²) in [6.07, 6.45) is 0.861. The van der Waals surface area contributed by atoms with Crippen molar-refractivity contribution < 1.29 is 9.36 Å². The van der Waals surface area contributed by atoms with E-state index in [-0.39, 0.29) is 6.04 Å². The zero-order valence-electron chi connectivity index (χ0n) is 8.32. The lowest BCUT2D eigenvalue weighted by molar-refractivity contribution is -0.692. The molecule has 0 aliphatic carbocycles. The van der Waals surface area contributed by atoms with Gasteiger partial charge < -0.3 is 0 Å². The number of aldehydes is 1. The number of aromatic amines is 1. The van der Waals surface area contributed by atoms with Gasteiger partial charge in [-0.1, -0.05) is 12.1 Å². The molecular formula is C11H13N2O+. The van der Waals surface area contributed by atoms with Crippen molar-refractivity contribution in [2.45, 2.75) is 19.9 Å². The molecule has 0 fully saturated rings. The predicted octanol–water partition coefficient (Wildman–Crippen LogP) is 1.85. The van der Waals surface area contributed by atoms with Gasteiger partial charge in [-0.15, -0.1) is 0 Å². The second kappa shape index (κ2) is 3.25. The summed E-state index contributed by atoms with van der Waals surface area (Å²) in [5.41, 5.74) is 2.08. The summed E-state index contributed by atoms with van der Waals surface area (Å²) in [6, 6.07) is 8.20. The Kier molecular flexibility index (Phi) is 2.08. The molecule has 2 rings (SSSR count). The van der Waals surface area contributed by atoms with Crippen LogP contribution in [-0.2, 0) is 0 Å². The molecule has 0 bridgehead atoms. The number of carbonyl (C=O) groups excluding carboxylic acids is 1. The van der Waals surface area contributed by atoms with E-state index in [1.165, 1.54) is 0 Å². The van der Waals surface area contributed by atoms with E-state index in [1.54, 1.807) is 0 Å². The number of carbonyl (C=O) groups is 1. The minimum absolute atomic E-state index is 0.284. The molecule has 3 nitrogen and oxygen atoms in total. The highest BCUT2D eigenvalue weighted by atomic mass is 16.1. The number of hydrogen-bond donors (Lipinski definition) is 1. The van der Waals surface area contributed by atoms with Crippen LogP contribution in [0.1, 0.15) is 30.5 Å². The molecule has 0 aliphatic rings. The van der Waals surface area contributed by atoms with Crippen LogP contribution in [0.25, 0.3) is 11.0 Å². The number of aromatic nitrogens is 2. The first-order chi connectivity index (χ1) is 6.74. The summed E-state index contributed by atoms with van der Waals surface area (Å²) >= 11 is 0. The fraction of sp³-hybridized carbons (Fsp3) is 0.273. The summed E-state index contributed by atoms with van der Waals surface area (Å²) in [4.78, 5) is 13.9. The third-order valence-electron chi connectivity index (χ3n) is 2.31. The summed E-state index contributed by atoms with van der Waals surface area (Å²) in [6.45, 7) is 4.13. The SMILES string of the molecule is CC(C)[n+]1c(C=O)[nH]c2ccccc21. The molecule has 3 heteroatoms. The van der Waals surface area contributed by atoms with Gasteiger partial charge in [0.2, 0.25) is 6.29 Å². The summed E-state index contributed by atoms with van der Waals surface area (Å²) in [7, 11) is 0. The van der Waals surface area contributed by atoms with Gasteiger partial charge in [-0.25, -0.2) is 9.55 Å². The Hall–Kier alpha value is -1.64. The Bertz CT molecular complexity index is 471. The van der Waals surface area contributed by atoms with Gasteiger partial charge in [0.1, 0.15) is 0 Å². The van der Waals surface area contributed by atoms with E-state index in [9.17, 15) is 4.79 Å². The maximum atomic E-state index is 10.8. The maximum absolute atomic E-state index is 10.8. The average Bonchev–Trinajstić information content (AvgIpc) is 2.55. The van der Waals surface area contributed by atoms with Gasteiger partial charge in [-0.05, 0) is 26.0 Å². The smallest absolute Gasteiger partial charge is 0.289 e. The van der Waals surface area contributed by atoms with E-state index < -0.39 is 0 Å². The number of rotatable bonds is 2. The van der Waals surface area contributed by atoms with E-state index in [0.717, 1.165) is 17.3 Å². The largest absolute Gasteiger partial charge is 0.321 e. The molecule has 1 aromatic carbocycles. The number of benzene rings is 1. The first-order valence-electron chi connectivity index (χ1n) is 4.71. The lowest BCUT2D eigenvalue weighted by Gasteiger charge is -2.01. The van der Waals surface area contributed by atoms with Crippen molar-refractivity contribution in [2.75, 3.05) is 0 Å². The topological polar surface area (TPSA) is 36.7 Å². The predicted molar refractivity (Wildman–Crippen MR) is 54.3 cm³/mol. The van der Waals surface area contributed by atoms with Gasteiger partial charge in [0.25, 0.3) is 0 Å². The fourth-order valence-electron chi connectivity index (χ4n) is 1.76. The molecule has 0 unspecified atom stereocenters. The maximum Gasteiger partial charge on any atom is 0.321 e. The average molecular weight is 189 g/mol. The lowest BCUT2D eigenvalue weighted by Crippen LogP contribution is -2.39. The zero-order valence-corrected chi connectivity index (χ0v) is 8.32. The van der Waals surface area contributed by atoms with Crippen LogP contribution in [0, 0.1) is 0 Å². The molecule has 0 atom stereocenters. The van der Waals surface area contributed by atoms with Gasteiger partial charge >= 0.3 is 5.82 Å². The van der Waals surface area contributed by atoms with Crippen molar-refractivity contribution in [3.63, 3.8) is 0 Å². The van der Waals surface area contributed by atoms with E-state index >= 15 is 0 Å². The van der Waals surface area contributed by atoms with Crippen molar-refractivity contribution in [1.29, 1.82) is 0 Å². The molecule has 0 spiro atoms. The summed E-state index contributed by atoms with van der Waals surface area (Å²) in [5, 5.41) is 0.